The van der Waals surface area contributed by atoms with E-state index in [-0.39, 0.29) is 27.2 Å². The fourth-order valence-electron chi connectivity index (χ4n) is 1.84. The van der Waals surface area contributed by atoms with Gasteiger partial charge in [0.05, 0.1) is 20.7 Å². The maximum Gasteiger partial charge on any atom is 0.310 e. The molecule has 0 unspecified atom stereocenters. The average molecular weight is 390 g/mol. The number of ether oxygens (including phenoxy) is 1. The summed E-state index contributed by atoms with van der Waals surface area (Å²) in [5.74, 6) is -0.585. The van der Waals surface area contributed by atoms with Crippen LogP contribution in [-0.4, -0.2) is 16.9 Å². The molecule has 1 amide bonds. The van der Waals surface area contributed by atoms with E-state index in [2.05, 4.69) is 5.32 Å². The van der Waals surface area contributed by atoms with Crippen LogP contribution < -0.4 is 10.1 Å². The number of amides is 1. The molecule has 2 rings (SSSR count). The highest BCUT2D eigenvalue weighted by molar-refractivity contribution is 6.42. The largest absolute Gasteiger partial charge is 0.474 e. The Morgan fingerprint density at radius 2 is 1.79 bits per heavy atom. The average Bonchev–Trinajstić information content (AvgIpc) is 2.50. The van der Waals surface area contributed by atoms with Gasteiger partial charge in [0.25, 0.3) is 5.91 Å². The molecule has 0 saturated carbocycles. The Hall–Kier alpha value is -2.02. The number of nitro benzene ring substituents is 1. The molecule has 0 spiro atoms. The Kier molecular flexibility index (Phi) is 5.88. The van der Waals surface area contributed by atoms with Gasteiger partial charge >= 0.3 is 5.69 Å². The molecule has 9 heteroatoms. The van der Waals surface area contributed by atoms with E-state index in [4.69, 9.17) is 39.5 Å². The highest BCUT2D eigenvalue weighted by Crippen LogP contribution is 2.34. The summed E-state index contributed by atoms with van der Waals surface area (Å²) >= 11 is 17.8. The topological polar surface area (TPSA) is 81.5 Å². The molecule has 0 aliphatic carbocycles. The Morgan fingerprint density at radius 3 is 2.38 bits per heavy atom. The zero-order valence-corrected chi connectivity index (χ0v) is 14.5. The van der Waals surface area contributed by atoms with E-state index in [0.717, 1.165) is 0 Å². The van der Waals surface area contributed by atoms with Crippen molar-refractivity contribution in [2.45, 2.75) is 13.0 Å². The first-order valence-corrected chi connectivity index (χ1v) is 7.78. The van der Waals surface area contributed by atoms with Gasteiger partial charge in [0.1, 0.15) is 0 Å². The lowest BCUT2D eigenvalue weighted by Gasteiger charge is -2.16. The number of hydrogen-bond donors (Lipinski definition) is 1. The summed E-state index contributed by atoms with van der Waals surface area (Å²) in [6.07, 6.45) is -1.02. The molecule has 0 radical (unpaired) electrons. The van der Waals surface area contributed by atoms with Gasteiger partial charge in [0.15, 0.2) is 11.9 Å². The summed E-state index contributed by atoms with van der Waals surface area (Å²) in [6, 6.07) is 8.62. The van der Waals surface area contributed by atoms with Crippen molar-refractivity contribution in [1.29, 1.82) is 0 Å². The van der Waals surface area contributed by atoms with Crippen LogP contribution >= 0.6 is 34.8 Å². The van der Waals surface area contributed by atoms with E-state index in [1.165, 1.54) is 37.3 Å². The van der Waals surface area contributed by atoms with Gasteiger partial charge in [-0.1, -0.05) is 46.9 Å². The van der Waals surface area contributed by atoms with Crippen LogP contribution in [0, 0.1) is 10.1 Å². The summed E-state index contributed by atoms with van der Waals surface area (Å²) in [5.41, 5.74) is -0.0505. The Bertz CT molecular complexity index is 775. The van der Waals surface area contributed by atoms with Crippen molar-refractivity contribution in [3.05, 3.63) is 61.6 Å². The first-order chi connectivity index (χ1) is 11.3. The van der Waals surface area contributed by atoms with Crippen LogP contribution in [0.2, 0.25) is 15.1 Å². The highest BCUT2D eigenvalue weighted by atomic mass is 35.5. The van der Waals surface area contributed by atoms with Gasteiger partial charge in [-0.05, 0) is 25.1 Å². The third-order valence-corrected chi connectivity index (χ3v) is 3.80. The number of hydrogen-bond acceptors (Lipinski definition) is 4. The number of benzene rings is 2. The fourth-order valence-corrected chi connectivity index (χ4v) is 2.75. The van der Waals surface area contributed by atoms with Crippen LogP contribution in [0.15, 0.2) is 36.4 Å². The van der Waals surface area contributed by atoms with Crippen LogP contribution in [0.5, 0.6) is 5.75 Å². The lowest BCUT2D eigenvalue weighted by atomic mass is 10.2. The summed E-state index contributed by atoms with van der Waals surface area (Å²) in [4.78, 5) is 22.6. The molecular formula is C15H11Cl3N2O4. The summed E-state index contributed by atoms with van der Waals surface area (Å²) in [7, 11) is 0. The summed E-state index contributed by atoms with van der Waals surface area (Å²) < 4.78 is 5.38. The molecule has 0 heterocycles. The molecule has 1 atom stereocenters. The van der Waals surface area contributed by atoms with E-state index in [9.17, 15) is 14.9 Å². The molecule has 0 bridgehead atoms. The number of nitrogens with one attached hydrogen (secondary N) is 1. The Balaban J connectivity index is 2.16. The molecule has 6 nitrogen and oxygen atoms in total. The molecule has 0 aliphatic heterocycles. The summed E-state index contributed by atoms with van der Waals surface area (Å²) in [6.45, 7) is 1.45. The number of carbonyl (C=O) groups is 1. The number of rotatable bonds is 5. The molecular weight excluding hydrogens is 379 g/mol. The second kappa shape index (κ2) is 7.70. The Labute approximate surface area is 152 Å². The lowest BCUT2D eigenvalue weighted by Crippen LogP contribution is -2.30. The van der Waals surface area contributed by atoms with Crippen LogP contribution in [0.3, 0.4) is 0 Å². The normalized spacial score (nSPS) is 11.7. The smallest absolute Gasteiger partial charge is 0.310 e. The van der Waals surface area contributed by atoms with Gasteiger partial charge in [-0.2, -0.15) is 0 Å². The second-order valence-electron chi connectivity index (χ2n) is 4.72. The van der Waals surface area contributed by atoms with Gasteiger partial charge in [0.2, 0.25) is 0 Å². The number of anilines is 1. The molecule has 24 heavy (non-hydrogen) atoms. The lowest BCUT2D eigenvalue weighted by molar-refractivity contribution is -0.386. The predicted octanol–water partition coefficient (Wildman–Crippen LogP) is 4.96. The van der Waals surface area contributed by atoms with E-state index in [1.54, 1.807) is 6.07 Å². The molecule has 0 aromatic heterocycles. The molecule has 0 fully saturated rings. The zero-order chi connectivity index (χ0) is 17.9. The SMILES string of the molecule is C[C@H](Oc1ccccc1[N+](=O)[O-])C(=O)Nc1c(Cl)cc(Cl)cc1Cl. The van der Waals surface area contributed by atoms with Crippen molar-refractivity contribution in [3.63, 3.8) is 0 Å². The number of nitrogens with zero attached hydrogens (tertiary/aromatic N) is 1. The highest BCUT2D eigenvalue weighted by Gasteiger charge is 2.22. The summed E-state index contributed by atoms with van der Waals surface area (Å²) in [5, 5.41) is 14.1. The monoisotopic (exact) mass is 388 g/mol. The minimum atomic E-state index is -1.02. The minimum absolute atomic E-state index is 0.0153. The molecule has 0 aliphatic rings. The number of para-hydroxylation sites is 2. The quantitative estimate of drug-likeness (QED) is 0.579. The van der Waals surface area contributed by atoms with Crippen molar-refractivity contribution < 1.29 is 14.5 Å². The standard InChI is InChI=1S/C15H11Cl3N2O4/c1-8(24-13-5-3-2-4-12(13)20(22)23)15(21)19-14-10(17)6-9(16)7-11(14)18/h2-8H,1H3,(H,19,21)/t8-/m0/s1. The maximum absolute atomic E-state index is 12.2. The van der Waals surface area contributed by atoms with Crippen LogP contribution in [0.1, 0.15) is 6.92 Å². The van der Waals surface area contributed by atoms with Gasteiger partial charge in [0, 0.05) is 11.1 Å². The molecule has 0 saturated heterocycles. The first kappa shape index (κ1) is 18.3. The van der Waals surface area contributed by atoms with Crippen molar-refractivity contribution in [1.82, 2.24) is 0 Å². The van der Waals surface area contributed by atoms with E-state index < -0.39 is 16.9 Å². The molecule has 1 N–H and O–H groups in total. The van der Waals surface area contributed by atoms with Crippen LogP contribution in [-0.2, 0) is 4.79 Å². The Morgan fingerprint density at radius 1 is 1.21 bits per heavy atom. The van der Waals surface area contributed by atoms with Gasteiger partial charge in [-0.25, -0.2) is 0 Å². The molecule has 2 aromatic carbocycles. The van der Waals surface area contributed by atoms with Gasteiger partial charge < -0.3 is 10.1 Å². The second-order valence-corrected chi connectivity index (χ2v) is 5.97. The van der Waals surface area contributed by atoms with Crippen molar-refractivity contribution in [2.75, 3.05) is 5.32 Å². The fraction of sp³-hybridized carbons (Fsp3) is 0.133. The van der Waals surface area contributed by atoms with Gasteiger partial charge in [-0.15, -0.1) is 0 Å². The predicted molar refractivity (Wildman–Crippen MR) is 93.3 cm³/mol. The number of nitro groups is 1. The van der Waals surface area contributed by atoms with Crippen LogP contribution in [0.4, 0.5) is 11.4 Å². The van der Waals surface area contributed by atoms with Crippen molar-refractivity contribution in [2.24, 2.45) is 0 Å². The van der Waals surface area contributed by atoms with Gasteiger partial charge in [-0.3, -0.25) is 14.9 Å². The minimum Gasteiger partial charge on any atom is -0.474 e. The number of carbonyl (C=O) groups excluding carboxylic acids is 1. The van der Waals surface area contributed by atoms with Crippen molar-refractivity contribution in [3.8, 4) is 5.75 Å². The maximum atomic E-state index is 12.2. The van der Waals surface area contributed by atoms with E-state index in [0.29, 0.717) is 5.02 Å². The number of halogens is 3. The van der Waals surface area contributed by atoms with Crippen LogP contribution in [0.25, 0.3) is 0 Å². The first-order valence-electron chi connectivity index (χ1n) is 6.65. The third kappa shape index (κ3) is 4.29. The molecule has 2 aromatic rings. The van der Waals surface area contributed by atoms with Crippen molar-refractivity contribution >= 4 is 52.1 Å². The van der Waals surface area contributed by atoms with E-state index in [1.807, 2.05) is 0 Å². The zero-order valence-electron chi connectivity index (χ0n) is 12.3. The van der Waals surface area contributed by atoms with E-state index >= 15 is 0 Å². The molecule has 126 valence electrons. The third-order valence-electron chi connectivity index (χ3n) is 2.99.